The molecule has 2 aliphatic rings. The smallest absolute Gasteiger partial charge is 0.219 e. The first kappa shape index (κ1) is 16.1. The third kappa shape index (κ3) is 3.45. The van der Waals surface area contributed by atoms with Crippen molar-refractivity contribution in [3.63, 3.8) is 0 Å². The second-order valence-corrected chi connectivity index (χ2v) is 7.04. The van der Waals surface area contributed by atoms with Crippen LogP contribution in [0.2, 0.25) is 5.02 Å². The summed E-state index contributed by atoms with van der Waals surface area (Å²) < 4.78 is 0. The van der Waals surface area contributed by atoms with Crippen molar-refractivity contribution in [1.29, 1.82) is 5.26 Å². The second-order valence-electron chi connectivity index (χ2n) is 6.63. The fourth-order valence-corrected chi connectivity index (χ4v) is 3.69. The van der Waals surface area contributed by atoms with E-state index in [1.54, 1.807) is 13.0 Å². The zero-order valence-electron chi connectivity index (χ0n) is 13.5. The minimum Gasteiger partial charge on any atom is -0.366 e. The van der Waals surface area contributed by atoms with Crippen LogP contribution in [-0.4, -0.2) is 36.5 Å². The van der Waals surface area contributed by atoms with Crippen molar-refractivity contribution in [2.75, 3.05) is 24.5 Å². The zero-order chi connectivity index (χ0) is 16.4. The molecule has 0 N–H and O–H groups in total. The van der Waals surface area contributed by atoms with Crippen LogP contribution in [0.1, 0.15) is 38.2 Å². The highest BCUT2D eigenvalue weighted by Crippen LogP contribution is 2.33. The number of hydrogen-bond donors (Lipinski definition) is 0. The highest BCUT2D eigenvalue weighted by molar-refractivity contribution is 6.32. The molecule has 0 bridgehead atoms. The molecule has 1 saturated carbocycles. The van der Waals surface area contributed by atoms with Crippen LogP contribution in [0.4, 0.5) is 5.69 Å². The van der Waals surface area contributed by atoms with Crippen LogP contribution < -0.4 is 4.90 Å². The van der Waals surface area contributed by atoms with Crippen molar-refractivity contribution in [2.24, 2.45) is 5.92 Å². The summed E-state index contributed by atoms with van der Waals surface area (Å²) in [5, 5.41) is 9.56. The number of rotatable bonds is 4. The molecule has 1 aromatic carbocycles. The molecule has 3 rings (SSSR count). The number of nitrogens with zero attached hydrogens (tertiary/aromatic N) is 3. The summed E-state index contributed by atoms with van der Waals surface area (Å²) in [6.45, 7) is 4.25. The van der Waals surface area contributed by atoms with E-state index < -0.39 is 0 Å². The number of carbonyl (C=O) groups excluding carboxylic acids is 1. The van der Waals surface area contributed by atoms with Gasteiger partial charge in [0.15, 0.2) is 0 Å². The van der Waals surface area contributed by atoms with Gasteiger partial charge < -0.3 is 9.80 Å². The van der Waals surface area contributed by atoms with Crippen LogP contribution in [0.5, 0.6) is 0 Å². The van der Waals surface area contributed by atoms with Gasteiger partial charge in [0.2, 0.25) is 5.91 Å². The molecule has 1 aliphatic carbocycles. The summed E-state index contributed by atoms with van der Waals surface area (Å²) in [6, 6.07) is 8.13. The summed E-state index contributed by atoms with van der Waals surface area (Å²) in [4.78, 5) is 16.0. The van der Waals surface area contributed by atoms with Gasteiger partial charge in [0.1, 0.15) is 6.07 Å². The van der Waals surface area contributed by atoms with Crippen LogP contribution in [0, 0.1) is 17.2 Å². The van der Waals surface area contributed by atoms with E-state index in [0.29, 0.717) is 16.6 Å². The van der Waals surface area contributed by atoms with E-state index in [-0.39, 0.29) is 5.91 Å². The average Bonchev–Trinajstić information content (AvgIpc) is 2.96. The number of hydrogen-bond acceptors (Lipinski definition) is 3. The fourth-order valence-electron chi connectivity index (χ4n) is 3.47. The number of halogens is 1. The van der Waals surface area contributed by atoms with Gasteiger partial charge in [-0.3, -0.25) is 4.79 Å². The average molecular weight is 332 g/mol. The summed E-state index contributed by atoms with van der Waals surface area (Å²) >= 11 is 6.23. The lowest BCUT2D eigenvalue weighted by Crippen LogP contribution is -2.42. The lowest BCUT2D eigenvalue weighted by atomic mass is 9.84. The van der Waals surface area contributed by atoms with E-state index in [2.05, 4.69) is 11.0 Å². The molecule has 1 aromatic rings. The number of benzene rings is 1. The molecule has 0 spiro atoms. The molecule has 1 saturated heterocycles. The van der Waals surface area contributed by atoms with Crippen molar-refractivity contribution < 1.29 is 4.79 Å². The number of anilines is 1. The summed E-state index contributed by atoms with van der Waals surface area (Å²) in [6.07, 6.45) is 4.87. The molecule has 23 heavy (non-hydrogen) atoms. The SMILES string of the molecule is CC(=O)N1CCC(N(CC2CCC2)c2ccc(C#N)c(Cl)c2)C1. The van der Waals surface area contributed by atoms with Crippen molar-refractivity contribution in [2.45, 2.75) is 38.6 Å². The molecule has 0 radical (unpaired) electrons. The van der Waals surface area contributed by atoms with E-state index in [1.165, 1.54) is 19.3 Å². The number of carbonyl (C=O) groups is 1. The second kappa shape index (κ2) is 6.80. The minimum atomic E-state index is 0.147. The molecular formula is C18H22ClN3O. The predicted octanol–water partition coefficient (Wildman–Crippen LogP) is 3.44. The highest BCUT2D eigenvalue weighted by atomic mass is 35.5. The molecule has 2 fully saturated rings. The van der Waals surface area contributed by atoms with Gasteiger partial charge in [-0.2, -0.15) is 5.26 Å². The molecule has 1 amide bonds. The molecule has 1 aliphatic heterocycles. The molecule has 1 unspecified atom stereocenters. The van der Waals surface area contributed by atoms with Gasteiger partial charge in [0, 0.05) is 38.3 Å². The molecule has 0 aromatic heterocycles. The van der Waals surface area contributed by atoms with E-state index in [9.17, 15) is 4.79 Å². The van der Waals surface area contributed by atoms with Crippen LogP contribution in [0.3, 0.4) is 0 Å². The van der Waals surface area contributed by atoms with Gasteiger partial charge >= 0.3 is 0 Å². The Hall–Kier alpha value is -1.73. The third-order valence-electron chi connectivity index (χ3n) is 5.13. The van der Waals surface area contributed by atoms with Crippen molar-refractivity contribution in [1.82, 2.24) is 4.90 Å². The van der Waals surface area contributed by atoms with Gasteiger partial charge in [0.25, 0.3) is 0 Å². The Morgan fingerprint density at radius 3 is 2.74 bits per heavy atom. The standard InChI is InChI=1S/C18H22ClN3O/c1-13(23)21-8-7-17(12-21)22(11-14-3-2-4-14)16-6-5-15(10-20)18(19)9-16/h5-6,9,14,17H,2-4,7-8,11-12H2,1H3. The van der Waals surface area contributed by atoms with Gasteiger partial charge in [-0.25, -0.2) is 0 Å². The Labute approximate surface area is 142 Å². The van der Waals surface area contributed by atoms with E-state index in [1.807, 2.05) is 17.0 Å². The van der Waals surface area contributed by atoms with Crippen molar-refractivity contribution in [3.8, 4) is 6.07 Å². The topological polar surface area (TPSA) is 47.3 Å². The molecule has 122 valence electrons. The number of likely N-dealkylation sites (tertiary alicyclic amines) is 1. The Balaban J connectivity index is 1.82. The quantitative estimate of drug-likeness (QED) is 0.849. The Kier molecular flexibility index (Phi) is 4.77. The lowest BCUT2D eigenvalue weighted by molar-refractivity contribution is -0.127. The first-order chi connectivity index (χ1) is 11.1. The maximum absolute atomic E-state index is 11.6. The van der Waals surface area contributed by atoms with Crippen LogP contribution >= 0.6 is 11.6 Å². The molecular weight excluding hydrogens is 310 g/mol. The third-order valence-corrected chi connectivity index (χ3v) is 5.45. The maximum Gasteiger partial charge on any atom is 0.219 e. The predicted molar refractivity (Wildman–Crippen MR) is 91.5 cm³/mol. The van der Waals surface area contributed by atoms with Gasteiger partial charge in [-0.1, -0.05) is 18.0 Å². The molecule has 5 heteroatoms. The Morgan fingerprint density at radius 1 is 1.43 bits per heavy atom. The van der Waals surface area contributed by atoms with E-state index in [0.717, 1.165) is 37.7 Å². The van der Waals surface area contributed by atoms with E-state index in [4.69, 9.17) is 16.9 Å². The number of amides is 1. The Morgan fingerprint density at radius 2 is 2.22 bits per heavy atom. The normalized spacial score (nSPS) is 20.9. The molecule has 4 nitrogen and oxygen atoms in total. The van der Waals surface area contributed by atoms with Crippen molar-refractivity contribution in [3.05, 3.63) is 28.8 Å². The highest BCUT2D eigenvalue weighted by Gasteiger charge is 2.32. The maximum atomic E-state index is 11.6. The molecule has 1 atom stereocenters. The van der Waals surface area contributed by atoms with Crippen LogP contribution in [0.15, 0.2) is 18.2 Å². The fraction of sp³-hybridized carbons (Fsp3) is 0.556. The van der Waals surface area contributed by atoms with Crippen LogP contribution in [-0.2, 0) is 4.79 Å². The minimum absolute atomic E-state index is 0.147. The van der Waals surface area contributed by atoms with Gasteiger partial charge in [-0.15, -0.1) is 0 Å². The summed E-state index contributed by atoms with van der Waals surface area (Å²) in [5.41, 5.74) is 1.58. The summed E-state index contributed by atoms with van der Waals surface area (Å²) in [5.74, 6) is 0.879. The van der Waals surface area contributed by atoms with Gasteiger partial charge in [0.05, 0.1) is 10.6 Å². The monoisotopic (exact) mass is 331 g/mol. The first-order valence-electron chi connectivity index (χ1n) is 8.30. The lowest BCUT2D eigenvalue weighted by Gasteiger charge is -2.37. The molecule has 1 heterocycles. The van der Waals surface area contributed by atoms with Crippen LogP contribution in [0.25, 0.3) is 0 Å². The Bertz CT molecular complexity index is 636. The van der Waals surface area contributed by atoms with E-state index >= 15 is 0 Å². The largest absolute Gasteiger partial charge is 0.366 e. The zero-order valence-corrected chi connectivity index (χ0v) is 14.2. The summed E-state index contributed by atoms with van der Waals surface area (Å²) in [7, 11) is 0. The van der Waals surface area contributed by atoms with Gasteiger partial charge in [-0.05, 0) is 43.4 Å². The van der Waals surface area contributed by atoms with Crippen molar-refractivity contribution >= 4 is 23.2 Å². The number of nitriles is 1. The first-order valence-corrected chi connectivity index (χ1v) is 8.68.